The highest BCUT2D eigenvalue weighted by Crippen LogP contribution is 2.46. The van der Waals surface area contributed by atoms with Crippen LogP contribution in [0.4, 0.5) is 24.8 Å². The van der Waals surface area contributed by atoms with Gasteiger partial charge >= 0.3 is 6.18 Å². The Kier molecular flexibility index (Phi) is 5.20. The smallest absolute Gasteiger partial charge is 0.326 e. The number of nitrogens with one attached hydrogen (secondary N) is 1. The number of benzene rings is 2. The highest BCUT2D eigenvalue weighted by Gasteiger charge is 2.35. The van der Waals surface area contributed by atoms with Crippen molar-refractivity contribution >= 4 is 22.7 Å². The van der Waals surface area contributed by atoms with Gasteiger partial charge in [0.05, 0.1) is 28.2 Å². The highest BCUT2D eigenvalue weighted by molar-refractivity contribution is 5.81. The fraction of sp³-hybridized carbons (Fsp3) is 0.417. The Balaban J connectivity index is 1.77. The number of imidazole rings is 1. The molecule has 1 aromatic heterocycles. The number of alkyl halides is 3. The molecular formula is C24H25F3N4. The Labute approximate surface area is 179 Å². The van der Waals surface area contributed by atoms with Gasteiger partial charge in [0, 0.05) is 11.7 Å². The molecule has 4 nitrogen and oxygen atoms in total. The van der Waals surface area contributed by atoms with Gasteiger partial charge in [-0.3, -0.25) is 0 Å². The molecule has 3 aromatic rings. The van der Waals surface area contributed by atoms with Gasteiger partial charge in [0.25, 0.3) is 0 Å². The van der Waals surface area contributed by atoms with Crippen molar-refractivity contribution < 1.29 is 13.2 Å². The number of hydrogen-bond donors (Lipinski definition) is 1. The number of aromatic nitrogens is 2. The molecule has 1 aliphatic carbocycles. The maximum Gasteiger partial charge on any atom is 0.416 e. The van der Waals surface area contributed by atoms with E-state index in [0.717, 1.165) is 36.9 Å². The summed E-state index contributed by atoms with van der Waals surface area (Å²) >= 11 is 0. The predicted octanol–water partition coefficient (Wildman–Crippen LogP) is 7.06. The Morgan fingerprint density at radius 2 is 1.84 bits per heavy atom. The van der Waals surface area contributed by atoms with Crippen molar-refractivity contribution in [2.75, 3.05) is 5.32 Å². The molecule has 4 rings (SSSR count). The van der Waals surface area contributed by atoms with Gasteiger partial charge in [0.2, 0.25) is 5.95 Å². The van der Waals surface area contributed by atoms with Crippen molar-refractivity contribution in [3.63, 3.8) is 0 Å². The van der Waals surface area contributed by atoms with Crippen LogP contribution in [0, 0.1) is 22.7 Å². The molecule has 0 radical (unpaired) electrons. The van der Waals surface area contributed by atoms with Crippen LogP contribution >= 0.6 is 0 Å². The summed E-state index contributed by atoms with van der Waals surface area (Å²) in [6, 6.07) is 12.7. The predicted molar refractivity (Wildman–Crippen MR) is 115 cm³/mol. The fourth-order valence-corrected chi connectivity index (χ4v) is 4.99. The molecule has 1 N–H and O–H groups in total. The summed E-state index contributed by atoms with van der Waals surface area (Å²) in [7, 11) is 0. The number of halogens is 3. The minimum absolute atomic E-state index is 0.178. The van der Waals surface area contributed by atoms with E-state index in [4.69, 9.17) is 4.98 Å². The molecule has 7 heteroatoms. The molecule has 2 aromatic carbocycles. The van der Waals surface area contributed by atoms with Crippen LogP contribution in [0.15, 0.2) is 42.5 Å². The van der Waals surface area contributed by atoms with Gasteiger partial charge in [-0.2, -0.15) is 18.4 Å². The average Bonchev–Trinajstić information content (AvgIpc) is 3.02. The molecular weight excluding hydrogens is 401 g/mol. The average molecular weight is 426 g/mol. The van der Waals surface area contributed by atoms with Gasteiger partial charge in [-0.15, -0.1) is 0 Å². The van der Waals surface area contributed by atoms with E-state index in [1.165, 1.54) is 12.1 Å². The second-order valence-electron chi connectivity index (χ2n) is 9.39. The van der Waals surface area contributed by atoms with Crippen LogP contribution in [-0.2, 0) is 6.18 Å². The zero-order valence-corrected chi connectivity index (χ0v) is 17.8. The first kappa shape index (κ1) is 21.2. The third kappa shape index (κ3) is 4.39. The van der Waals surface area contributed by atoms with Gasteiger partial charge in [0.1, 0.15) is 0 Å². The lowest BCUT2D eigenvalue weighted by atomic mass is 9.70. The van der Waals surface area contributed by atoms with Crippen LogP contribution in [-0.4, -0.2) is 9.55 Å². The third-order valence-electron chi connectivity index (χ3n) is 6.02. The van der Waals surface area contributed by atoms with E-state index < -0.39 is 11.7 Å². The van der Waals surface area contributed by atoms with Gasteiger partial charge in [-0.1, -0.05) is 20.8 Å². The summed E-state index contributed by atoms with van der Waals surface area (Å²) in [6.45, 7) is 6.79. The van der Waals surface area contributed by atoms with E-state index in [1.807, 2.05) is 6.07 Å². The van der Waals surface area contributed by atoms with E-state index >= 15 is 0 Å². The van der Waals surface area contributed by atoms with Crippen LogP contribution < -0.4 is 5.32 Å². The van der Waals surface area contributed by atoms with E-state index in [2.05, 4.69) is 36.7 Å². The number of hydrogen-bond acceptors (Lipinski definition) is 3. The maximum atomic E-state index is 12.9. The van der Waals surface area contributed by atoms with Gasteiger partial charge in [-0.05, 0) is 73.1 Å². The molecule has 2 unspecified atom stereocenters. The number of fused-ring (bicyclic) bond motifs is 1. The summed E-state index contributed by atoms with van der Waals surface area (Å²) in [5, 5.41) is 12.5. The standard InChI is InChI=1S/C24H25F3N4/c1-15-10-19(13-23(2,3)12-15)31-21-9-4-16(14-28)11-20(21)30-22(31)29-18-7-5-17(6-8-18)24(25,26)27/h4-9,11,15,19H,10,12-13H2,1-3H3,(H,29,30). The van der Waals surface area contributed by atoms with Crippen LogP contribution in [0.1, 0.15) is 57.2 Å². The topological polar surface area (TPSA) is 53.6 Å². The molecule has 0 amide bonds. The SMILES string of the molecule is CC1CC(n2c(Nc3ccc(C(F)(F)F)cc3)nc3cc(C#N)ccc32)CC(C)(C)C1. The van der Waals surface area contributed by atoms with Crippen LogP contribution in [0.5, 0.6) is 0 Å². The summed E-state index contributed by atoms with van der Waals surface area (Å²) in [4.78, 5) is 4.71. The summed E-state index contributed by atoms with van der Waals surface area (Å²) in [5.74, 6) is 1.13. The van der Waals surface area contributed by atoms with Crippen LogP contribution in [0.25, 0.3) is 11.0 Å². The molecule has 1 aliphatic rings. The highest BCUT2D eigenvalue weighted by atomic mass is 19.4. The van der Waals surface area contributed by atoms with E-state index in [-0.39, 0.29) is 11.5 Å². The molecule has 0 bridgehead atoms. The second kappa shape index (κ2) is 7.60. The van der Waals surface area contributed by atoms with Gasteiger partial charge in [0.15, 0.2) is 0 Å². The Bertz CT molecular complexity index is 1140. The van der Waals surface area contributed by atoms with E-state index in [9.17, 15) is 18.4 Å². The van der Waals surface area contributed by atoms with Crippen LogP contribution in [0.2, 0.25) is 0 Å². The number of nitriles is 1. The zero-order valence-electron chi connectivity index (χ0n) is 17.8. The lowest BCUT2D eigenvalue weighted by molar-refractivity contribution is -0.137. The van der Waals surface area contributed by atoms with Gasteiger partial charge < -0.3 is 9.88 Å². The fourth-order valence-electron chi connectivity index (χ4n) is 4.99. The molecule has 0 spiro atoms. The van der Waals surface area contributed by atoms with Crippen molar-refractivity contribution in [1.82, 2.24) is 9.55 Å². The largest absolute Gasteiger partial charge is 0.416 e. The van der Waals surface area contributed by atoms with Crippen molar-refractivity contribution in [3.8, 4) is 6.07 Å². The first-order valence-corrected chi connectivity index (χ1v) is 10.4. The molecule has 1 saturated carbocycles. The van der Waals surface area contributed by atoms with Crippen molar-refractivity contribution in [2.45, 2.75) is 52.3 Å². The van der Waals surface area contributed by atoms with Crippen LogP contribution in [0.3, 0.4) is 0 Å². The second-order valence-corrected chi connectivity index (χ2v) is 9.39. The van der Waals surface area contributed by atoms with Gasteiger partial charge in [-0.25, -0.2) is 4.98 Å². The lowest BCUT2D eigenvalue weighted by Gasteiger charge is -2.40. The maximum absolute atomic E-state index is 12.9. The normalized spacial score (nSPS) is 21.1. The number of rotatable bonds is 3. The molecule has 0 aliphatic heterocycles. The minimum atomic E-state index is -4.37. The van der Waals surface area contributed by atoms with Crippen molar-refractivity contribution in [1.29, 1.82) is 5.26 Å². The third-order valence-corrected chi connectivity index (χ3v) is 6.02. The zero-order chi connectivity index (χ0) is 22.4. The van der Waals surface area contributed by atoms with E-state index in [0.29, 0.717) is 28.6 Å². The minimum Gasteiger partial charge on any atom is -0.326 e. The first-order chi connectivity index (χ1) is 14.6. The number of anilines is 2. The molecule has 0 saturated heterocycles. The summed E-state index contributed by atoms with van der Waals surface area (Å²) in [6.07, 6.45) is -1.25. The molecule has 1 heterocycles. The number of nitrogens with zero attached hydrogens (tertiary/aromatic N) is 3. The quantitative estimate of drug-likeness (QED) is 0.488. The van der Waals surface area contributed by atoms with Crippen molar-refractivity contribution in [2.24, 2.45) is 11.3 Å². The summed E-state index contributed by atoms with van der Waals surface area (Å²) < 4.78 is 40.9. The monoisotopic (exact) mass is 426 g/mol. The Hall–Kier alpha value is -3.01. The first-order valence-electron chi connectivity index (χ1n) is 10.4. The lowest BCUT2D eigenvalue weighted by Crippen LogP contribution is -2.29. The molecule has 31 heavy (non-hydrogen) atoms. The van der Waals surface area contributed by atoms with Crippen molar-refractivity contribution in [3.05, 3.63) is 53.6 Å². The molecule has 162 valence electrons. The van der Waals surface area contributed by atoms with E-state index in [1.54, 1.807) is 12.1 Å². The molecule has 2 atom stereocenters. The summed E-state index contributed by atoms with van der Waals surface area (Å²) in [5.41, 5.74) is 2.17. The molecule has 1 fully saturated rings. The Morgan fingerprint density at radius 3 is 2.45 bits per heavy atom. The Morgan fingerprint density at radius 1 is 1.13 bits per heavy atom.